The number of nitrogen functional groups attached to an aromatic ring is 1. The second-order valence-corrected chi connectivity index (χ2v) is 8.40. The number of nitrogens with two attached hydrogens (primary N) is 1. The summed E-state index contributed by atoms with van der Waals surface area (Å²) in [5.41, 5.74) is 9.88. The Bertz CT molecular complexity index is 1300. The quantitative estimate of drug-likeness (QED) is 0.470. The predicted octanol–water partition coefficient (Wildman–Crippen LogP) is 2.95. The summed E-state index contributed by atoms with van der Waals surface area (Å²) < 4.78 is 12.6. The van der Waals surface area contributed by atoms with Gasteiger partial charge in [0.25, 0.3) is 0 Å². The molecule has 3 heterocycles. The first-order chi connectivity index (χ1) is 16.6. The van der Waals surface area contributed by atoms with Crippen LogP contribution in [0.4, 0.5) is 11.8 Å². The zero-order valence-electron chi connectivity index (χ0n) is 19.7. The van der Waals surface area contributed by atoms with E-state index < -0.39 is 0 Å². The van der Waals surface area contributed by atoms with Crippen LogP contribution in [0.5, 0.6) is 11.5 Å². The van der Waals surface area contributed by atoms with E-state index in [4.69, 9.17) is 25.2 Å². The van der Waals surface area contributed by atoms with E-state index in [1.807, 2.05) is 25.2 Å². The highest BCUT2D eigenvalue weighted by molar-refractivity contribution is 5.99. The lowest BCUT2D eigenvalue weighted by atomic mass is 10.1. The molecule has 4 aromatic rings. The molecule has 9 nitrogen and oxygen atoms in total. The van der Waals surface area contributed by atoms with Crippen molar-refractivity contribution in [2.75, 3.05) is 51.0 Å². The molecule has 0 atom stereocenters. The molecule has 9 heteroatoms. The van der Waals surface area contributed by atoms with Crippen LogP contribution < -0.4 is 20.1 Å². The Kier molecular flexibility index (Phi) is 5.93. The van der Waals surface area contributed by atoms with Crippen LogP contribution >= 0.6 is 0 Å². The summed E-state index contributed by atoms with van der Waals surface area (Å²) in [5.74, 6) is 2.48. The number of nitrogens with zero attached hydrogens (tertiary/aromatic N) is 6. The monoisotopic (exact) mass is 459 g/mol. The minimum Gasteiger partial charge on any atom is -0.493 e. The van der Waals surface area contributed by atoms with Gasteiger partial charge >= 0.3 is 0 Å². The Morgan fingerprint density at radius 1 is 0.912 bits per heavy atom. The van der Waals surface area contributed by atoms with Crippen LogP contribution in [-0.2, 0) is 13.6 Å². The van der Waals surface area contributed by atoms with Gasteiger partial charge in [-0.25, -0.2) is 4.98 Å². The molecular formula is C25H29N7O2. The Labute approximate surface area is 198 Å². The summed E-state index contributed by atoms with van der Waals surface area (Å²) in [6.07, 6.45) is 0. The average Bonchev–Trinajstić information content (AvgIpc) is 3.17. The number of methoxy groups -OCH3 is 2. The first-order valence-electron chi connectivity index (χ1n) is 11.3. The molecule has 5 rings (SSSR count). The molecule has 0 bridgehead atoms. The van der Waals surface area contributed by atoms with Gasteiger partial charge in [-0.3, -0.25) is 9.58 Å². The van der Waals surface area contributed by atoms with Crippen LogP contribution in [0.2, 0.25) is 0 Å². The molecule has 0 aliphatic carbocycles. The van der Waals surface area contributed by atoms with Crippen molar-refractivity contribution in [2.24, 2.45) is 7.05 Å². The second kappa shape index (κ2) is 9.18. The molecule has 2 N–H and O–H groups in total. The van der Waals surface area contributed by atoms with Gasteiger partial charge in [-0.1, -0.05) is 30.3 Å². The van der Waals surface area contributed by atoms with Gasteiger partial charge in [0.15, 0.2) is 17.1 Å². The number of benzene rings is 2. The number of fused-ring (bicyclic) bond motifs is 1. The molecule has 1 saturated heterocycles. The number of piperazine rings is 1. The predicted molar refractivity (Wildman–Crippen MR) is 133 cm³/mol. The van der Waals surface area contributed by atoms with Crippen molar-refractivity contribution in [2.45, 2.75) is 6.54 Å². The number of anilines is 2. The van der Waals surface area contributed by atoms with Gasteiger partial charge in [-0.2, -0.15) is 10.1 Å². The molecule has 1 aliphatic heterocycles. The van der Waals surface area contributed by atoms with Crippen molar-refractivity contribution in [3.8, 4) is 22.8 Å². The Balaban J connectivity index is 1.47. The normalized spacial score (nSPS) is 14.5. The Hall–Kier alpha value is -3.85. The van der Waals surface area contributed by atoms with Gasteiger partial charge in [-0.15, -0.1) is 0 Å². The fourth-order valence-corrected chi connectivity index (χ4v) is 4.38. The SMILES string of the molecule is COc1ccc(-c2nc(N3CCN(Cc4ccccc4)CC3)nc3nn(C)c(N)c23)cc1OC. The van der Waals surface area contributed by atoms with Gasteiger partial charge in [0, 0.05) is 45.3 Å². The lowest BCUT2D eigenvalue weighted by molar-refractivity contribution is 0.249. The molecule has 0 saturated carbocycles. The summed E-state index contributed by atoms with van der Waals surface area (Å²) in [4.78, 5) is 14.4. The van der Waals surface area contributed by atoms with Gasteiger partial charge in [0.05, 0.1) is 25.3 Å². The fraction of sp³-hybridized carbons (Fsp3) is 0.320. The van der Waals surface area contributed by atoms with Gasteiger partial charge < -0.3 is 20.1 Å². The summed E-state index contributed by atoms with van der Waals surface area (Å²) in [6, 6.07) is 16.3. The number of hydrogen-bond donors (Lipinski definition) is 1. The third-order valence-electron chi connectivity index (χ3n) is 6.29. The topological polar surface area (TPSA) is 94.6 Å². The second-order valence-electron chi connectivity index (χ2n) is 8.40. The largest absolute Gasteiger partial charge is 0.493 e. The van der Waals surface area contributed by atoms with Crippen molar-refractivity contribution >= 4 is 22.8 Å². The highest BCUT2D eigenvalue weighted by Crippen LogP contribution is 2.36. The average molecular weight is 460 g/mol. The van der Waals surface area contributed by atoms with Crippen LogP contribution in [0.25, 0.3) is 22.3 Å². The van der Waals surface area contributed by atoms with E-state index in [0.717, 1.165) is 49.4 Å². The van der Waals surface area contributed by atoms with Crippen LogP contribution in [0.15, 0.2) is 48.5 Å². The first kappa shape index (κ1) is 22.0. The molecule has 176 valence electrons. The Morgan fingerprint density at radius 3 is 2.35 bits per heavy atom. The van der Waals surface area contributed by atoms with Crippen molar-refractivity contribution in [1.29, 1.82) is 0 Å². The lowest BCUT2D eigenvalue weighted by Crippen LogP contribution is -2.46. The minimum atomic E-state index is 0.527. The van der Waals surface area contributed by atoms with E-state index in [1.54, 1.807) is 18.9 Å². The van der Waals surface area contributed by atoms with Gasteiger partial charge in [0.1, 0.15) is 5.82 Å². The molecule has 1 fully saturated rings. The van der Waals surface area contributed by atoms with E-state index in [2.05, 4.69) is 45.2 Å². The zero-order chi connectivity index (χ0) is 23.7. The minimum absolute atomic E-state index is 0.527. The molecule has 0 spiro atoms. The number of hydrogen-bond acceptors (Lipinski definition) is 8. The maximum atomic E-state index is 6.37. The van der Waals surface area contributed by atoms with Crippen molar-refractivity contribution in [1.82, 2.24) is 24.6 Å². The molecule has 0 amide bonds. The standard InChI is InChI=1S/C25H29N7O2/c1-30-23(26)21-22(18-9-10-19(33-2)20(15-18)34-3)27-25(28-24(21)29-30)32-13-11-31(12-14-32)16-17-7-5-4-6-8-17/h4-10,15H,11-14,16,26H2,1-3H3. The van der Waals surface area contributed by atoms with E-state index in [9.17, 15) is 0 Å². The van der Waals surface area contributed by atoms with E-state index in [0.29, 0.717) is 28.9 Å². The van der Waals surface area contributed by atoms with E-state index in [1.165, 1.54) is 5.56 Å². The molecule has 1 aliphatic rings. The first-order valence-corrected chi connectivity index (χ1v) is 11.3. The maximum absolute atomic E-state index is 6.37. The number of aryl methyl sites for hydroxylation is 1. The number of aromatic nitrogens is 4. The lowest BCUT2D eigenvalue weighted by Gasteiger charge is -2.34. The number of rotatable bonds is 6. The van der Waals surface area contributed by atoms with Crippen molar-refractivity contribution in [3.05, 3.63) is 54.1 Å². The molecule has 34 heavy (non-hydrogen) atoms. The van der Waals surface area contributed by atoms with Crippen LogP contribution in [0.3, 0.4) is 0 Å². The molecule has 2 aromatic carbocycles. The molecule has 2 aromatic heterocycles. The van der Waals surface area contributed by atoms with Crippen LogP contribution in [0.1, 0.15) is 5.56 Å². The van der Waals surface area contributed by atoms with Crippen LogP contribution in [0, 0.1) is 0 Å². The van der Waals surface area contributed by atoms with Crippen LogP contribution in [-0.4, -0.2) is 65.0 Å². The summed E-state index contributed by atoms with van der Waals surface area (Å²) in [6.45, 7) is 4.50. The fourth-order valence-electron chi connectivity index (χ4n) is 4.38. The molecule has 0 unspecified atom stereocenters. The molecule has 0 radical (unpaired) electrons. The molecular weight excluding hydrogens is 430 g/mol. The zero-order valence-corrected chi connectivity index (χ0v) is 19.7. The smallest absolute Gasteiger partial charge is 0.228 e. The van der Waals surface area contributed by atoms with Crippen molar-refractivity contribution in [3.63, 3.8) is 0 Å². The number of ether oxygens (including phenoxy) is 2. The van der Waals surface area contributed by atoms with Crippen molar-refractivity contribution < 1.29 is 9.47 Å². The summed E-state index contributed by atoms with van der Waals surface area (Å²) >= 11 is 0. The summed E-state index contributed by atoms with van der Waals surface area (Å²) in [7, 11) is 5.06. The highest BCUT2D eigenvalue weighted by atomic mass is 16.5. The highest BCUT2D eigenvalue weighted by Gasteiger charge is 2.24. The summed E-state index contributed by atoms with van der Waals surface area (Å²) in [5, 5.41) is 5.29. The van der Waals surface area contributed by atoms with E-state index >= 15 is 0 Å². The Morgan fingerprint density at radius 2 is 1.65 bits per heavy atom. The van der Waals surface area contributed by atoms with Gasteiger partial charge in [-0.05, 0) is 23.8 Å². The third-order valence-corrected chi connectivity index (χ3v) is 6.29. The third kappa shape index (κ3) is 4.10. The maximum Gasteiger partial charge on any atom is 0.228 e. The van der Waals surface area contributed by atoms with E-state index in [-0.39, 0.29) is 0 Å². The van der Waals surface area contributed by atoms with Gasteiger partial charge in [0.2, 0.25) is 5.95 Å².